The number of ketones is 1. The number of aromatic nitrogens is 1. The van der Waals surface area contributed by atoms with E-state index >= 15 is 4.79 Å². The highest BCUT2D eigenvalue weighted by atomic mass is 32.2. The van der Waals surface area contributed by atoms with Crippen LogP contribution in [0, 0.1) is 18.8 Å². The standard InChI is InChI=1S/C47H54N4O9S/c1-11-26-27-15-25(55-9)12-13-29(27)49-43(26)46(48-7)17-32(53)47-35-34(42-40(58-19-59-42)21(3)39(35)60-24(6)52)44(47)50-22(4)30-16-31-28-14-20(2)38(56-10)41(57-18-54-8)33(28)36(51(30)31)37(50)45(47)61-23(46)5/h12-15,22,28,30-31,33,36-37,44-45,48-49H,5,11,16-19H2,1-4,6-10H3/t22-,28?,30-,31+,33?,36-,37+,44-,45-,46+,47?/m0/s1. The fraction of sp³-hybridized carbons (Fsp3) is 0.532. The van der Waals surface area contributed by atoms with Crippen molar-refractivity contribution in [2.24, 2.45) is 11.8 Å². The smallest absolute Gasteiger partial charge is 0.308 e. The number of methoxy groups -OCH3 is 3. The Morgan fingerprint density at radius 2 is 1.89 bits per heavy atom. The highest BCUT2D eigenvalue weighted by molar-refractivity contribution is 8.03. The predicted molar refractivity (Wildman–Crippen MR) is 229 cm³/mol. The molecule has 0 bridgehead atoms. The van der Waals surface area contributed by atoms with Gasteiger partial charge in [-0.05, 0) is 70.0 Å². The average molecular weight is 851 g/mol. The van der Waals surface area contributed by atoms with Crippen molar-refractivity contribution in [3.63, 3.8) is 0 Å². The zero-order valence-corrected chi connectivity index (χ0v) is 37.0. The van der Waals surface area contributed by atoms with Gasteiger partial charge in [0.1, 0.15) is 23.0 Å². The first-order chi connectivity index (χ1) is 29.4. The number of carbonyl (C=O) groups excluding carboxylic acids is 2. The maximum absolute atomic E-state index is 16.5. The number of aromatic amines is 1. The SMILES string of the molecule is C=C1S[C@H]2[C@H]3[C@@H]4C5C(OCOC)=C(OC)C(C)=CC5[C@H]5C[C@@H]([C@H](C)N3[C@H]3c6c7c(c(C)c(OC(C)=O)c6C32C(=O)C[C@]1(NC)c1[nH]c2ccc(OC)cc2c1CC)OCO7)N54. The molecule has 322 valence electrons. The minimum atomic E-state index is -1.11. The van der Waals surface area contributed by atoms with Gasteiger partial charge in [-0.25, -0.2) is 0 Å². The van der Waals surface area contributed by atoms with Crippen molar-refractivity contribution >= 4 is 34.4 Å². The van der Waals surface area contributed by atoms with E-state index in [4.69, 9.17) is 39.7 Å². The molecule has 14 heteroatoms. The summed E-state index contributed by atoms with van der Waals surface area (Å²) in [4.78, 5) is 39.7. The van der Waals surface area contributed by atoms with E-state index in [1.54, 1.807) is 33.1 Å². The van der Waals surface area contributed by atoms with E-state index in [-0.39, 0.29) is 73.1 Å². The molecular formula is C47H54N4O9S. The number of nitrogens with one attached hydrogen (secondary N) is 2. The number of hydrogen-bond donors (Lipinski definition) is 2. The van der Waals surface area contributed by atoms with Gasteiger partial charge < -0.3 is 43.5 Å². The van der Waals surface area contributed by atoms with E-state index in [2.05, 4.69) is 53.0 Å². The van der Waals surface area contributed by atoms with Crippen LogP contribution < -0.4 is 24.3 Å². The van der Waals surface area contributed by atoms with E-state index in [1.165, 1.54) is 6.92 Å². The second kappa shape index (κ2) is 13.5. The van der Waals surface area contributed by atoms with E-state index < -0.39 is 16.9 Å². The highest BCUT2D eigenvalue weighted by Gasteiger charge is 2.81. The fourth-order valence-corrected chi connectivity index (χ4v) is 15.3. The van der Waals surface area contributed by atoms with Crippen molar-refractivity contribution in [1.29, 1.82) is 0 Å². The Balaban J connectivity index is 1.17. The summed E-state index contributed by atoms with van der Waals surface area (Å²) in [6, 6.07) is 6.09. The second-order valence-electron chi connectivity index (χ2n) is 18.0. The molecule has 2 N–H and O–H groups in total. The zero-order valence-electron chi connectivity index (χ0n) is 36.2. The molecule has 11 rings (SSSR count). The Kier molecular flexibility index (Phi) is 8.73. The maximum atomic E-state index is 16.5. The Morgan fingerprint density at radius 1 is 1.10 bits per heavy atom. The zero-order chi connectivity index (χ0) is 42.6. The number of nitrogens with zero attached hydrogens (tertiary/aromatic N) is 2. The van der Waals surface area contributed by atoms with Crippen LogP contribution >= 0.6 is 11.8 Å². The number of aryl methyl sites for hydroxylation is 1. The third kappa shape index (κ3) is 4.67. The third-order valence-electron chi connectivity index (χ3n) is 15.8. The van der Waals surface area contributed by atoms with Crippen molar-refractivity contribution in [1.82, 2.24) is 20.1 Å². The van der Waals surface area contributed by atoms with E-state index in [0.717, 1.165) is 73.9 Å². The van der Waals surface area contributed by atoms with Crippen LogP contribution in [0.25, 0.3) is 10.9 Å². The normalized spacial score (nSPS) is 35.2. The number of hydrogen-bond acceptors (Lipinski definition) is 13. The predicted octanol–water partition coefficient (Wildman–Crippen LogP) is 6.28. The van der Waals surface area contributed by atoms with Gasteiger partial charge in [0.15, 0.2) is 24.1 Å². The lowest BCUT2D eigenvalue weighted by Gasteiger charge is -2.61. The largest absolute Gasteiger partial charge is 0.497 e. The van der Waals surface area contributed by atoms with E-state index in [0.29, 0.717) is 28.9 Å². The summed E-state index contributed by atoms with van der Waals surface area (Å²) >= 11 is 1.72. The van der Waals surface area contributed by atoms with Crippen molar-refractivity contribution < 1.29 is 42.7 Å². The van der Waals surface area contributed by atoms with Crippen LogP contribution in [0.2, 0.25) is 0 Å². The molecule has 1 aromatic heterocycles. The first-order valence-corrected chi connectivity index (χ1v) is 22.4. The number of Topliss-reactive ketones (excluding diaryl/α,β-unsaturated/α-hetero) is 1. The molecule has 2 aliphatic carbocycles. The van der Waals surface area contributed by atoms with Gasteiger partial charge in [0.25, 0.3) is 0 Å². The number of thioether (sulfide) groups is 1. The second-order valence-corrected chi connectivity index (χ2v) is 19.3. The molecule has 61 heavy (non-hydrogen) atoms. The quantitative estimate of drug-likeness (QED) is 0.142. The molecule has 2 aromatic carbocycles. The summed E-state index contributed by atoms with van der Waals surface area (Å²) in [6.45, 7) is 15.0. The fourth-order valence-electron chi connectivity index (χ4n) is 13.6. The molecule has 3 aromatic rings. The molecule has 7 heterocycles. The van der Waals surface area contributed by atoms with Gasteiger partial charge in [-0.2, -0.15) is 0 Å². The Labute approximate surface area is 360 Å². The van der Waals surface area contributed by atoms with Gasteiger partial charge in [-0.15, -0.1) is 11.8 Å². The molecule has 1 spiro atoms. The number of likely N-dealkylation sites (N-methyl/N-ethyl adjacent to an activating group) is 1. The molecule has 6 aliphatic heterocycles. The van der Waals surface area contributed by atoms with Crippen molar-refractivity contribution in [3.8, 4) is 23.0 Å². The number of carbonyl (C=O) groups is 2. The molecule has 5 fully saturated rings. The first-order valence-electron chi connectivity index (χ1n) is 21.5. The molecule has 0 amide bonds. The van der Waals surface area contributed by atoms with Gasteiger partial charge in [-0.3, -0.25) is 19.4 Å². The van der Waals surface area contributed by atoms with Crippen LogP contribution in [-0.2, 0) is 41.2 Å². The summed E-state index contributed by atoms with van der Waals surface area (Å²) in [5.41, 5.74) is 4.25. The van der Waals surface area contributed by atoms with Crippen molar-refractivity contribution in [2.75, 3.05) is 42.0 Å². The summed E-state index contributed by atoms with van der Waals surface area (Å²) in [5.74, 6) is 3.64. The first kappa shape index (κ1) is 39.4. The Hall–Kier alpha value is -4.47. The van der Waals surface area contributed by atoms with Crippen LogP contribution in [0.15, 0.2) is 52.9 Å². The lowest BCUT2D eigenvalue weighted by molar-refractivity contribution is -0.135. The molecule has 0 saturated carbocycles. The van der Waals surface area contributed by atoms with Gasteiger partial charge in [0, 0.05) is 106 Å². The molecule has 13 nitrogen and oxygen atoms in total. The molecule has 3 unspecified atom stereocenters. The third-order valence-corrected chi connectivity index (χ3v) is 17.4. The van der Waals surface area contributed by atoms with Crippen LogP contribution in [0.4, 0.5) is 0 Å². The number of rotatable bonds is 9. The van der Waals surface area contributed by atoms with E-state index in [1.807, 2.05) is 26.1 Å². The average Bonchev–Trinajstić information content (AvgIpc) is 3.96. The number of piperazine rings is 1. The lowest BCUT2D eigenvalue weighted by Crippen LogP contribution is -2.73. The van der Waals surface area contributed by atoms with Gasteiger partial charge in [-0.1, -0.05) is 19.6 Å². The Bertz CT molecular complexity index is 2530. The number of esters is 1. The van der Waals surface area contributed by atoms with Crippen LogP contribution in [0.1, 0.15) is 74.5 Å². The number of ether oxygens (including phenoxy) is 7. The van der Waals surface area contributed by atoms with Gasteiger partial charge in [0.05, 0.1) is 31.2 Å². The number of fused-ring (bicyclic) bond motifs is 12. The van der Waals surface area contributed by atoms with Crippen LogP contribution in [0.5, 0.6) is 23.0 Å². The molecule has 11 atom stereocenters. The topological polar surface area (TPSA) is 133 Å². The minimum absolute atomic E-state index is 0.0442. The van der Waals surface area contributed by atoms with Gasteiger partial charge in [0.2, 0.25) is 6.79 Å². The maximum Gasteiger partial charge on any atom is 0.308 e. The monoisotopic (exact) mass is 850 g/mol. The summed E-state index contributed by atoms with van der Waals surface area (Å²) in [6.07, 6.45) is 4.25. The summed E-state index contributed by atoms with van der Waals surface area (Å²) in [5, 5.41) is 4.40. The number of benzene rings is 2. The molecule has 5 saturated heterocycles. The molecule has 8 aliphatic rings. The summed E-state index contributed by atoms with van der Waals surface area (Å²) in [7, 11) is 6.96. The van der Waals surface area contributed by atoms with Crippen LogP contribution in [-0.4, -0.2) is 104 Å². The summed E-state index contributed by atoms with van der Waals surface area (Å²) < 4.78 is 42.8. The van der Waals surface area contributed by atoms with Crippen molar-refractivity contribution in [2.45, 2.75) is 106 Å². The molecular weight excluding hydrogens is 797 g/mol. The van der Waals surface area contributed by atoms with Crippen LogP contribution in [0.3, 0.4) is 0 Å². The van der Waals surface area contributed by atoms with E-state index in [9.17, 15) is 4.79 Å². The Morgan fingerprint density at radius 3 is 2.59 bits per heavy atom. The lowest BCUT2D eigenvalue weighted by atomic mass is 9.54. The highest BCUT2D eigenvalue weighted by Crippen LogP contribution is 2.77. The molecule has 0 radical (unpaired) electrons. The van der Waals surface area contributed by atoms with Gasteiger partial charge >= 0.3 is 5.97 Å². The number of allylic oxidation sites excluding steroid dienone is 1. The number of H-pyrrole nitrogens is 1. The minimum Gasteiger partial charge on any atom is -0.497 e. The van der Waals surface area contributed by atoms with Crippen molar-refractivity contribution in [3.05, 3.63) is 80.8 Å².